The number of fused-ring (bicyclic) bond motifs is 1. The van der Waals surface area contributed by atoms with Crippen LogP contribution < -0.4 is 0 Å². The second-order valence-electron chi connectivity index (χ2n) is 4.63. The van der Waals surface area contributed by atoms with Gasteiger partial charge in [-0.25, -0.2) is 0 Å². The Morgan fingerprint density at radius 2 is 1.35 bits per heavy atom. The van der Waals surface area contributed by atoms with E-state index in [2.05, 4.69) is 40.7 Å². The molecule has 0 aliphatic heterocycles. The molecule has 0 saturated heterocycles. The van der Waals surface area contributed by atoms with E-state index in [4.69, 9.17) is 17.0 Å². The van der Waals surface area contributed by atoms with E-state index in [9.17, 15) is 0 Å². The third-order valence-electron chi connectivity index (χ3n) is 3.72. The average molecular weight is 348 g/mol. The number of benzene rings is 1. The van der Waals surface area contributed by atoms with E-state index in [1.807, 2.05) is 0 Å². The molecule has 0 bridgehead atoms. The van der Waals surface area contributed by atoms with E-state index in [1.165, 1.54) is 33.4 Å². The normalized spacial score (nSPS) is 12.5. The van der Waals surface area contributed by atoms with Crippen LogP contribution in [0.1, 0.15) is 40.3 Å². The SMILES string of the molecule is CC1=Cc2c(C)c(C)c(C)c(C)c2C1.[Cl][Zr][Cl]. The van der Waals surface area contributed by atoms with Gasteiger partial charge in [-0.3, -0.25) is 0 Å². The van der Waals surface area contributed by atoms with Gasteiger partial charge >= 0.3 is 37.9 Å². The van der Waals surface area contributed by atoms with E-state index in [1.54, 1.807) is 5.56 Å². The zero-order valence-electron chi connectivity index (χ0n) is 11.0. The van der Waals surface area contributed by atoms with E-state index in [0.29, 0.717) is 0 Å². The molecule has 1 aromatic rings. The summed E-state index contributed by atoms with van der Waals surface area (Å²) in [6.07, 6.45) is 3.51. The standard InChI is InChI=1S/C14H18.2ClH.Zr/c1-8-6-13-11(4)9(2)10(3)12(5)14(13)7-8;;;/h6H,7H2,1-5H3;2*1H;/q;;;+2/p-2. The Bertz CT molecular complexity index is 462. The summed E-state index contributed by atoms with van der Waals surface area (Å²) >= 11 is -0.826. The minimum absolute atomic E-state index is 0.826. The predicted molar refractivity (Wildman–Crippen MR) is 74.5 cm³/mol. The number of hydrogen-bond acceptors (Lipinski definition) is 0. The molecule has 0 unspecified atom stereocenters. The molecule has 3 heteroatoms. The first kappa shape index (κ1) is 15.5. The Labute approximate surface area is 123 Å². The van der Waals surface area contributed by atoms with Gasteiger partial charge in [0.05, 0.1) is 0 Å². The van der Waals surface area contributed by atoms with Gasteiger partial charge in [0.15, 0.2) is 0 Å². The van der Waals surface area contributed by atoms with Crippen molar-refractivity contribution < 1.29 is 20.8 Å². The summed E-state index contributed by atoms with van der Waals surface area (Å²) in [6.45, 7) is 11.2. The van der Waals surface area contributed by atoms with Crippen LogP contribution in [-0.2, 0) is 27.3 Å². The van der Waals surface area contributed by atoms with Gasteiger partial charge in [-0.1, -0.05) is 11.6 Å². The third-order valence-corrected chi connectivity index (χ3v) is 3.72. The Hall–Kier alpha value is 0.423. The van der Waals surface area contributed by atoms with Gasteiger partial charge in [0, 0.05) is 0 Å². The van der Waals surface area contributed by atoms with Gasteiger partial charge < -0.3 is 0 Å². The van der Waals surface area contributed by atoms with Crippen molar-refractivity contribution in [1.82, 2.24) is 0 Å². The van der Waals surface area contributed by atoms with Crippen LogP contribution in [0.5, 0.6) is 0 Å². The molecule has 2 rings (SSSR count). The van der Waals surface area contributed by atoms with E-state index in [-0.39, 0.29) is 0 Å². The molecule has 1 aromatic carbocycles. The van der Waals surface area contributed by atoms with Gasteiger partial charge in [-0.05, 0) is 74.4 Å². The molecular weight excluding hydrogens is 330 g/mol. The van der Waals surface area contributed by atoms with Gasteiger partial charge in [-0.15, -0.1) is 0 Å². The summed E-state index contributed by atoms with van der Waals surface area (Å²) in [4.78, 5) is 0. The molecule has 92 valence electrons. The molecule has 1 aliphatic carbocycles. The van der Waals surface area contributed by atoms with Crippen molar-refractivity contribution in [3.63, 3.8) is 0 Å². The van der Waals surface area contributed by atoms with Crippen molar-refractivity contribution in [2.24, 2.45) is 0 Å². The summed E-state index contributed by atoms with van der Waals surface area (Å²) in [5.74, 6) is 0. The first-order chi connectivity index (χ1) is 7.93. The van der Waals surface area contributed by atoms with Crippen LogP contribution >= 0.6 is 17.0 Å². The molecule has 0 heterocycles. The topological polar surface area (TPSA) is 0 Å². The predicted octanol–water partition coefficient (Wildman–Crippen LogP) is 5.26. The monoisotopic (exact) mass is 346 g/mol. The molecule has 0 aromatic heterocycles. The van der Waals surface area contributed by atoms with Crippen LogP contribution in [0.2, 0.25) is 0 Å². The number of halogens is 2. The van der Waals surface area contributed by atoms with E-state index >= 15 is 0 Å². The van der Waals surface area contributed by atoms with Gasteiger partial charge in [-0.2, -0.15) is 0 Å². The fraction of sp³-hybridized carbons (Fsp3) is 0.429. The van der Waals surface area contributed by atoms with Crippen LogP contribution in [0.25, 0.3) is 6.08 Å². The molecule has 0 saturated carbocycles. The van der Waals surface area contributed by atoms with Crippen molar-refractivity contribution in [3.8, 4) is 0 Å². The van der Waals surface area contributed by atoms with E-state index in [0.717, 1.165) is 6.42 Å². The summed E-state index contributed by atoms with van der Waals surface area (Å²) in [5.41, 5.74) is 10.5. The van der Waals surface area contributed by atoms with Gasteiger partial charge in [0.2, 0.25) is 0 Å². The quantitative estimate of drug-likeness (QED) is 0.600. The van der Waals surface area contributed by atoms with Gasteiger partial charge in [0.1, 0.15) is 0 Å². The Morgan fingerprint density at radius 3 is 1.88 bits per heavy atom. The summed E-state index contributed by atoms with van der Waals surface area (Å²) in [7, 11) is 9.87. The molecule has 0 radical (unpaired) electrons. The Morgan fingerprint density at radius 1 is 0.882 bits per heavy atom. The van der Waals surface area contributed by atoms with Crippen molar-refractivity contribution in [2.75, 3.05) is 0 Å². The van der Waals surface area contributed by atoms with Crippen LogP contribution in [0.3, 0.4) is 0 Å². The fourth-order valence-corrected chi connectivity index (χ4v) is 2.42. The maximum atomic E-state index is 4.93. The van der Waals surface area contributed by atoms with Gasteiger partial charge in [0.25, 0.3) is 0 Å². The molecule has 1 aliphatic rings. The molecule has 0 spiro atoms. The van der Waals surface area contributed by atoms with E-state index < -0.39 is 20.8 Å². The Kier molecular flexibility index (Phi) is 5.96. The number of allylic oxidation sites excluding steroid dienone is 1. The Balaban J connectivity index is 0.000000437. The zero-order valence-corrected chi connectivity index (χ0v) is 15.0. The van der Waals surface area contributed by atoms with Crippen LogP contribution in [0.4, 0.5) is 0 Å². The zero-order chi connectivity index (χ0) is 13.2. The second kappa shape index (κ2) is 6.55. The van der Waals surface area contributed by atoms with Crippen LogP contribution in [0.15, 0.2) is 5.57 Å². The minimum atomic E-state index is -0.826. The number of hydrogen-bond donors (Lipinski definition) is 0. The van der Waals surface area contributed by atoms with Crippen molar-refractivity contribution >= 4 is 23.1 Å². The average Bonchev–Trinajstić information content (AvgIpc) is 2.67. The second-order valence-corrected chi connectivity index (χ2v) is 8.36. The van der Waals surface area contributed by atoms with Crippen LogP contribution in [-0.4, -0.2) is 0 Å². The number of rotatable bonds is 0. The fourth-order valence-electron chi connectivity index (χ4n) is 2.42. The summed E-state index contributed by atoms with van der Waals surface area (Å²) < 4.78 is 0. The molecular formula is C14H18Cl2Zr. The molecule has 0 fully saturated rings. The summed E-state index contributed by atoms with van der Waals surface area (Å²) in [6, 6.07) is 0. The first-order valence-electron chi connectivity index (χ1n) is 5.66. The summed E-state index contributed by atoms with van der Waals surface area (Å²) in [5, 5.41) is 0. The van der Waals surface area contributed by atoms with Crippen molar-refractivity contribution in [1.29, 1.82) is 0 Å². The van der Waals surface area contributed by atoms with Crippen molar-refractivity contribution in [2.45, 2.75) is 41.0 Å². The third kappa shape index (κ3) is 3.25. The molecule has 0 atom stereocenters. The van der Waals surface area contributed by atoms with Crippen LogP contribution in [0, 0.1) is 27.7 Å². The molecule has 0 N–H and O–H groups in total. The maximum absolute atomic E-state index is 4.93. The molecule has 0 nitrogen and oxygen atoms in total. The first-order valence-corrected chi connectivity index (χ1v) is 12.0. The van der Waals surface area contributed by atoms with Crippen molar-refractivity contribution in [3.05, 3.63) is 39.0 Å². The molecule has 0 amide bonds. The molecule has 17 heavy (non-hydrogen) atoms.